The lowest BCUT2D eigenvalue weighted by Gasteiger charge is -2.37. The van der Waals surface area contributed by atoms with Gasteiger partial charge in [-0.05, 0) is 71.5 Å². The van der Waals surface area contributed by atoms with Crippen molar-refractivity contribution in [3.8, 4) is 5.75 Å². The van der Waals surface area contributed by atoms with Crippen LogP contribution in [0.4, 0.5) is 0 Å². The van der Waals surface area contributed by atoms with Gasteiger partial charge in [0.05, 0.1) is 12.3 Å². The van der Waals surface area contributed by atoms with Crippen molar-refractivity contribution in [2.75, 3.05) is 26.2 Å². The Hall–Kier alpha value is -3.06. The molecule has 0 radical (unpaired) electrons. The highest BCUT2D eigenvalue weighted by Gasteiger charge is 2.34. The minimum Gasteiger partial charge on any atom is -0.491 e. The van der Waals surface area contributed by atoms with Gasteiger partial charge in [-0.25, -0.2) is 0 Å². The molecule has 3 heterocycles. The highest BCUT2D eigenvalue weighted by Crippen LogP contribution is 2.34. The van der Waals surface area contributed by atoms with Crippen molar-refractivity contribution in [1.29, 1.82) is 0 Å². The van der Waals surface area contributed by atoms with Crippen LogP contribution in [-0.2, 0) is 11.2 Å². The van der Waals surface area contributed by atoms with E-state index in [1.807, 2.05) is 17.0 Å². The van der Waals surface area contributed by atoms with Gasteiger partial charge >= 0.3 is 0 Å². The lowest BCUT2D eigenvalue weighted by molar-refractivity contribution is -0.135. The molecule has 1 aromatic carbocycles. The number of thiophene rings is 1. The Morgan fingerprint density at radius 2 is 1.92 bits per heavy atom. The summed E-state index contributed by atoms with van der Waals surface area (Å²) in [7, 11) is 0. The zero-order chi connectivity index (χ0) is 25.7. The summed E-state index contributed by atoms with van der Waals surface area (Å²) < 4.78 is 11.5. The number of hydrogen-bond donors (Lipinski definition) is 0. The van der Waals surface area contributed by atoms with Crippen LogP contribution in [0.25, 0.3) is 0 Å². The molecule has 4 rings (SSSR count). The lowest BCUT2D eigenvalue weighted by atomic mass is 10.00. The monoisotopic (exact) mass is 508 g/mol. The van der Waals surface area contributed by atoms with Crippen molar-refractivity contribution in [1.82, 2.24) is 9.80 Å². The summed E-state index contributed by atoms with van der Waals surface area (Å²) in [6.45, 7) is 10.1. The van der Waals surface area contributed by atoms with Crippen LogP contribution in [0.2, 0.25) is 0 Å². The van der Waals surface area contributed by atoms with E-state index >= 15 is 0 Å². The Morgan fingerprint density at radius 1 is 1.14 bits per heavy atom. The van der Waals surface area contributed by atoms with Crippen molar-refractivity contribution in [2.45, 2.75) is 52.5 Å². The van der Waals surface area contributed by atoms with Crippen LogP contribution in [0.1, 0.15) is 72.6 Å². The van der Waals surface area contributed by atoms with E-state index in [-0.39, 0.29) is 30.2 Å². The third-order valence-electron chi connectivity index (χ3n) is 6.69. The Morgan fingerprint density at radius 3 is 2.58 bits per heavy atom. The number of nitrogens with zero attached hydrogens (tertiary/aromatic N) is 2. The Bertz CT molecular complexity index is 1130. The number of furan rings is 1. The first-order chi connectivity index (χ1) is 17.3. The van der Waals surface area contributed by atoms with Crippen LogP contribution in [-0.4, -0.2) is 47.9 Å². The quantitative estimate of drug-likeness (QED) is 0.329. The van der Waals surface area contributed by atoms with Crippen LogP contribution in [0.3, 0.4) is 0 Å². The molecule has 1 aliphatic rings. The number of carbonyl (C=O) groups excluding carboxylic acids is 2. The predicted molar refractivity (Wildman–Crippen MR) is 143 cm³/mol. The van der Waals surface area contributed by atoms with Gasteiger partial charge in [0, 0.05) is 18.0 Å². The minimum absolute atomic E-state index is 0.0192. The number of amides is 2. The molecule has 2 amide bonds. The van der Waals surface area contributed by atoms with E-state index in [1.165, 1.54) is 16.7 Å². The summed E-state index contributed by atoms with van der Waals surface area (Å²) in [6.07, 6.45) is 3.11. The summed E-state index contributed by atoms with van der Waals surface area (Å²) in [5.74, 6) is 1.61. The van der Waals surface area contributed by atoms with Gasteiger partial charge in [-0.3, -0.25) is 9.59 Å². The first kappa shape index (κ1) is 26.0. The maximum atomic E-state index is 13.6. The topological polar surface area (TPSA) is 63.0 Å². The smallest absolute Gasteiger partial charge is 0.290 e. The average molecular weight is 509 g/mol. The van der Waals surface area contributed by atoms with Gasteiger partial charge in [-0.2, -0.15) is 0 Å². The summed E-state index contributed by atoms with van der Waals surface area (Å²) in [5, 5.41) is 2.08. The molecule has 3 aromatic rings. The fraction of sp³-hybridized carbons (Fsp3) is 0.448. The van der Waals surface area contributed by atoms with E-state index in [2.05, 4.69) is 51.3 Å². The standard InChI is InChI=1S/C29H36N2O4S/c1-20(2)11-14-30(29(33)26-6-5-16-34-26)18-28(32)31-15-12-27-24(13-17-36-27)25(31)19-35-23-9-7-22(8-10-23)21(3)4/h5-10,13,16-17,20-21,25H,11-12,14-15,18-19H2,1-4H3. The molecule has 0 N–H and O–H groups in total. The first-order valence-corrected chi connectivity index (χ1v) is 13.6. The number of fused-ring (bicyclic) bond motifs is 1. The normalized spacial score (nSPS) is 15.3. The number of benzene rings is 1. The Balaban J connectivity index is 1.50. The van der Waals surface area contributed by atoms with E-state index in [1.54, 1.807) is 28.4 Å². The second-order valence-electron chi connectivity index (χ2n) is 10.1. The molecule has 0 fully saturated rings. The number of ether oxygens (including phenoxy) is 1. The van der Waals surface area contributed by atoms with Crippen LogP contribution < -0.4 is 4.74 Å². The third-order valence-corrected chi connectivity index (χ3v) is 7.69. The molecule has 2 aromatic heterocycles. The van der Waals surface area contributed by atoms with Crippen molar-refractivity contribution < 1.29 is 18.7 Å². The lowest BCUT2D eigenvalue weighted by Crippen LogP contribution is -2.48. The van der Waals surface area contributed by atoms with Crippen molar-refractivity contribution in [3.63, 3.8) is 0 Å². The fourth-order valence-electron chi connectivity index (χ4n) is 4.48. The molecule has 6 nitrogen and oxygen atoms in total. The van der Waals surface area contributed by atoms with E-state index in [0.717, 1.165) is 24.2 Å². The SMILES string of the molecule is CC(C)CCN(CC(=O)N1CCc2sccc2C1COc1ccc(C(C)C)cc1)C(=O)c1ccco1. The van der Waals surface area contributed by atoms with Gasteiger partial charge < -0.3 is 19.0 Å². The summed E-state index contributed by atoms with van der Waals surface area (Å²) >= 11 is 1.73. The molecular formula is C29H36N2O4S. The molecular weight excluding hydrogens is 472 g/mol. The molecule has 1 unspecified atom stereocenters. The highest BCUT2D eigenvalue weighted by atomic mass is 32.1. The van der Waals surface area contributed by atoms with E-state index < -0.39 is 0 Å². The maximum absolute atomic E-state index is 13.6. The second-order valence-corrected chi connectivity index (χ2v) is 11.1. The highest BCUT2D eigenvalue weighted by molar-refractivity contribution is 7.10. The zero-order valence-electron chi connectivity index (χ0n) is 21.6. The van der Waals surface area contributed by atoms with Gasteiger partial charge in [0.1, 0.15) is 18.9 Å². The number of hydrogen-bond acceptors (Lipinski definition) is 5. The summed E-state index contributed by atoms with van der Waals surface area (Å²) in [5.41, 5.74) is 2.41. The van der Waals surface area contributed by atoms with E-state index in [4.69, 9.17) is 9.15 Å². The van der Waals surface area contributed by atoms with Gasteiger partial charge in [-0.1, -0.05) is 39.8 Å². The molecule has 1 atom stereocenters. The molecule has 0 aliphatic carbocycles. The summed E-state index contributed by atoms with van der Waals surface area (Å²) in [6, 6.07) is 13.4. The zero-order valence-corrected chi connectivity index (χ0v) is 22.4. The van der Waals surface area contributed by atoms with Crippen molar-refractivity contribution in [2.24, 2.45) is 5.92 Å². The van der Waals surface area contributed by atoms with E-state index in [9.17, 15) is 9.59 Å². The first-order valence-electron chi connectivity index (χ1n) is 12.7. The van der Waals surface area contributed by atoms with Crippen LogP contribution in [0, 0.1) is 5.92 Å². The fourth-order valence-corrected chi connectivity index (χ4v) is 5.40. The summed E-state index contributed by atoms with van der Waals surface area (Å²) in [4.78, 5) is 31.5. The van der Waals surface area contributed by atoms with Gasteiger partial charge in [0.2, 0.25) is 5.91 Å². The average Bonchev–Trinajstić information content (AvgIpc) is 3.57. The molecule has 1 aliphatic heterocycles. The van der Waals surface area contributed by atoms with E-state index in [0.29, 0.717) is 31.5 Å². The predicted octanol–water partition coefficient (Wildman–Crippen LogP) is 6.16. The van der Waals surface area contributed by atoms with Crippen molar-refractivity contribution >= 4 is 23.2 Å². The number of rotatable bonds is 10. The number of carbonyl (C=O) groups is 2. The van der Waals surface area contributed by atoms with Gasteiger partial charge in [0.15, 0.2) is 5.76 Å². The molecule has 0 bridgehead atoms. The third kappa shape index (κ3) is 6.19. The van der Waals surface area contributed by atoms with Gasteiger partial charge in [0.25, 0.3) is 5.91 Å². The Labute approximate surface area is 217 Å². The molecule has 36 heavy (non-hydrogen) atoms. The molecule has 0 saturated carbocycles. The molecule has 192 valence electrons. The maximum Gasteiger partial charge on any atom is 0.290 e. The van der Waals surface area contributed by atoms with Crippen LogP contribution in [0.5, 0.6) is 5.75 Å². The largest absolute Gasteiger partial charge is 0.491 e. The van der Waals surface area contributed by atoms with Crippen molar-refractivity contribution in [3.05, 3.63) is 75.9 Å². The molecule has 0 spiro atoms. The minimum atomic E-state index is -0.250. The van der Waals surface area contributed by atoms with Crippen LogP contribution >= 0.6 is 11.3 Å². The van der Waals surface area contributed by atoms with Crippen LogP contribution in [0.15, 0.2) is 58.5 Å². The van der Waals surface area contributed by atoms with Gasteiger partial charge in [-0.15, -0.1) is 11.3 Å². The Kier molecular flexibility index (Phi) is 8.52. The second kappa shape index (κ2) is 11.8. The molecule has 0 saturated heterocycles. The molecule has 7 heteroatoms.